The topological polar surface area (TPSA) is 55.8 Å². The van der Waals surface area contributed by atoms with Gasteiger partial charge < -0.3 is 20.4 Å². The number of hydrogen-bond donors (Lipinski definition) is 2. The summed E-state index contributed by atoms with van der Waals surface area (Å²) in [7, 11) is 2.20. The lowest BCUT2D eigenvalue weighted by Gasteiger charge is -2.19. The lowest BCUT2D eigenvalue weighted by atomic mass is 10.2. The van der Waals surface area contributed by atoms with Gasteiger partial charge in [0.2, 0.25) is 0 Å². The molecule has 140 valence electrons. The standard InChI is InChI=1S/C18H31ClN6/c1-3-20-18(21-8-7-16-5-6-17(19)23-15-16)22-9-12-25-11-4-10-24(2)13-14-25/h5-6,15H,3-4,7-14H2,1-2H3,(H2,20,21,22). The fourth-order valence-electron chi connectivity index (χ4n) is 2.85. The molecule has 25 heavy (non-hydrogen) atoms. The van der Waals surface area contributed by atoms with Crippen LogP contribution in [0.2, 0.25) is 5.15 Å². The van der Waals surface area contributed by atoms with Crippen molar-refractivity contribution in [2.24, 2.45) is 4.99 Å². The van der Waals surface area contributed by atoms with E-state index in [-0.39, 0.29) is 0 Å². The SMILES string of the molecule is CCNC(=NCCN1CCCN(C)CC1)NCCc1ccc(Cl)nc1. The van der Waals surface area contributed by atoms with Crippen LogP contribution in [0, 0.1) is 0 Å². The maximum absolute atomic E-state index is 5.81. The summed E-state index contributed by atoms with van der Waals surface area (Å²) < 4.78 is 0. The number of rotatable bonds is 7. The summed E-state index contributed by atoms with van der Waals surface area (Å²) >= 11 is 5.81. The second kappa shape index (κ2) is 11.3. The van der Waals surface area contributed by atoms with Crippen molar-refractivity contribution in [1.82, 2.24) is 25.4 Å². The predicted molar refractivity (Wildman–Crippen MR) is 105 cm³/mol. The minimum Gasteiger partial charge on any atom is -0.357 e. The number of pyridine rings is 1. The van der Waals surface area contributed by atoms with E-state index in [1.807, 2.05) is 18.3 Å². The molecule has 0 radical (unpaired) electrons. The van der Waals surface area contributed by atoms with Crippen LogP contribution in [0.15, 0.2) is 23.3 Å². The second-order valence-electron chi connectivity index (χ2n) is 6.43. The van der Waals surface area contributed by atoms with Crippen LogP contribution < -0.4 is 10.6 Å². The van der Waals surface area contributed by atoms with Crippen molar-refractivity contribution >= 4 is 17.6 Å². The van der Waals surface area contributed by atoms with Gasteiger partial charge in [-0.05, 0) is 51.5 Å². The van der Waals surface area contributed by atoms with E-state index in [0.717, 1.165) is 51.6 Å². The Balaban J connectivity index is 1.72. The number of guanidine groups is 1. The van der Waals surface area contributed by atoms with Crippen molar-refractivity contribution in [1.29, 1.82) is 0 Å². The van der Waals surface area contributed by atoms with Crippen LogP contribution >= 0.6 is 11.6 Å². The Bertz CT molecular complexity index is 519. The van der Waals surface area contributed by atoms with Gasteiger partial charge in [0.15, 0.2) is 5.96 Å². The number of hydrogen-bond acceptors (Lipinski definition) is 4. The highest BCUT2D eigenvalue weighted by molar-refractivity contribution is 6.29. The first-order chi connectivity index (χ1) is 12.2. The zero-order valence-electron chi connectivity index (χ0n) is 15.5. The third kappa shape index (κ3) is 8.03. The van der Waals surface area contributed by atoms with Crippen LogP contribution in [0.25, 0.3) is 0 Å². The van der Waals surface area contributed by atoms with Crippen molar-refractivity contribution in [2.75, 3.05) is 59.4 Å². The first-order valence-electron chi connectivity index (χ1n) is 9.21. The summed E-state index contributed by atoms with van der Waals surface area (Å²) in [6.07, 6.45) is 3.96. The smallest absolute Gasteiger partial charge is 0.191 e. The van der Waals surface area contributed by atoms with E-state index in [4.69, 9.17) is 16.6 Å². The van der Waals surface area contributed by atoms with Crippen LogP contribution in [0.1, 0.15) is 18.9 Å². The molecule has 1 fully saturated rings. The molecule has 1 aliphatic heterocycles. The summed E-state index contributed by atoms with van der Waals surface area (Å²) in [5, 5.41) is 7.24. The highest BCUT2D eigenvalue weighted by atomic mass is 35.5. The molecule has 0 aliphatic carbocycles. The molecule has 7 heteroatoms. The summed E-state index contributed by atoms with van der Waals surface area (Å²) in [6, 6.07) is 3.84. The van der Waals surface area contributed by atoms with Crippen LogP contribution in [-0.4, -0.2) is 80.1 Å². The van der Waals surface area contributed by atoms with E-state index in [0.29, 0.717) is 5.15 Å². The number of nitrogens with one attached hydrogen (secondary N) is 2. The monoisotopic (exact) mass is 366 g/mol. The Hall–Kier alpha value is -1.37. The minimum absolute atomic E-state index is 0.534. The maximum Gasteiger partial charge on any atom is 0.191 e. The molecule has 0 bridgehead atoms. The minimum atomic E-state index is 0.534. The van der Waals surface area contributed by atoms with Gasteiger partial charge in [0.1, 0.15) is 5.15 Å². The van der Waals surface area contributed by atoms with E-state index >= 15 is 0 Å². The summed E-state index contributed by atoms with van der Waals surface area (Å²) in [4.78, 5) is 13.7. The van der Waals surface area contributed by atoms with Crippen molar-refractivity contribution in [2.45, 2.75) is 19.8 Å². The van der Waals surface area contributed by atoms with Gasteiger partial charge >= 0.3 is 0 Å². The van der Waals surface area contributed by atoms with E-state index in [9.17, 15) is 0 Å². The third-order valence-electron chi connectivity index (χ3n) is 4.34. The molecular weight excluding hydrogens is 336 g/mol. The number of halogens is 1. The average Bonchev–Trinajstić information content (AvgIpc) is 2.81. The molecule has 1 aromatic heterocycles. The van der Waals surface area contributed by atoms with Gasteiger partial charge in [-0.25, -0.2) is 4.98 Å². The van der Waals surface area contributed by atoms with Gasteiger partial charge in [0.05, 0.1) is 6.54 Å². The van der Waals surface area contributed by atoms with Crippen molar-refractivity contribution in [3.05, 3.63) is 29.0 Å². The van der Waals surface area contributed by atoms with Crippen molar-refractivity contribution < 1.29 is 0 Å². The molecule has 2 heterocycles. The highest BCUT2D eigenvalue weighted by Crippen LogP contribution is 2.05. The lowest BCUT2D eigenvalue weighted by molar-refractivity contribution is 0.283. The molecule has 2 rings (SSSR count). The van der Waals surface area contributed by atoms with Gasteiger partial charge in [0.25, 0.3) is 0 Å². The highest BCUT2D eigenvalue weighted by Gasteiger charge is 2.11. The molecule has 0 saturated carbocycles. The summed E-state index contributed by atoms with van der Waals surface area (Å²) in [6.45, 7) is 10.3. The normalized spacial score (nSPS) is 17.3. The molecule has 0 unspecified atom stereocenters. The molecule has 1 aliphatic rings. The molecule has 0 spiro atoms. The maximum atomic E-state index is 5.81. The fourth-order valence-corrected chi connectivity index (χ4v) is 2.96. The second-order valence-corrected chi connectivity index (χ2v) is 6.81. The largest absolute Gasteiger partial charge is 0.357 e. The van der Waals surface area contributed by atoms with Crippen molar-refractivity contribution in [3.63, 3.8) is 0 Å². The number of aromatic nitrogens is 1. The Labute approximate surface area is 156 Å². The molecule has 0 atom stereocenters. The lowest BCUT2D eigenvalue weighted by Crippen LogP contribution is -2.39. The number of nitrogens with zero attached hydrogens (tertiary/aromatic N) is 4. The Morgan fingerprint density at radius 2 is 2.12 bits per heavy atom. The third-order valence-corrected chi connectivity index (χ3v) is 4.56. The van der Waals surface area contributed by atoms with Crippen LogP contribution in [-0.2, 0) is 6.42 Å². The van der Waals surface area contributed by atoms with Gasteiger partial charge in [-0.2, -0.15) is 0 Å². The molecule has 0 aromatic carbocycles. The van der Waals surface area contributed by atoms with Crippen LogP contribution in [0.5, 0.6) is 0 Å². The van der Waals surface area contributed by atoms with Gasteiger partial charge in [-0.3, -0.25) is 4.99 Å². The van der Waals surface area contributed by atoms with Gasteiger partial charge in [0, 0.05) is 38.9 Å². The van der Waals surface area contributed by atoms with Gasteiger partial charge in [-0.1, -0.05) is 17.7 Å². The van der Waals surface area contributed by atoms with Crippen LogP contribution in [0.4, 0.5) is 0 Å². The van der Waals surface area contributed by atoms with E-state index in [2.05, 4.69) is 39.4 Å². The molecule has 0 amide bonds. The first kappa shape index (κ1) is 19.9. The van der Waals surface area contributed by atoms with E-state index < -0.39 is 0 Å². The van der Waals surface area contributed by atoms with E-state index in [1.54, 1.807) is 0 Å². The van der Waals surface area contributed by atoms with E-state index in [1.165, 1.54) is 25.1 Å². The molecule has 2 N–H and O–H groups in total. The zero-order chi connectivity index (χ0) is 17.9. The Morgan fingerprint density at radius 3 is 2.88 bits per heavy atom. The fraction of sp³-hybridized carbons (Fsp3) is 0.667. The average molecular weight is 367 g/mol. The van der Waals surface area contributed by atoms with Crippen molar-refractivity contribution in [3.8, 4) is 0 Å². The Morgan fingerprint density at radius 1 is 1.24 bits per heavy atom. The molecule has 1 saturated heterocycles. The molecule has 6 nitrogen and oxygen atoms in total. The van der Waals surface area contributed by atoms with Gasteiger partial charge in [-0.15, -0.1) is 0 Å². The number of likely N-dealkylation sites (N-methyl/N-ethyl adjacent to an activating group) is 1. The zero-order valence-corrected chi connectivity index (χ0v) is 16.2. The first-order valence-corrected chi connectivity index (χ1v) is 9.58. The quantitative estimate of drug-likeness (QED) is 0.435. The Kier molecular flexibility index (Phi) is 9.00. The molecular formula is C18H31ClN6. The predicted octanol–water partition coefficient (Wildman–Crippen LogP) is 1.47. The molecule has 1 aromatic rings. The number of aliphatic imine (C=N–C) groups is 1. The van der Waals surface area contributed by atoms with Crippen LogP contribution in [0.3, 0.4) is 0 Å². The summed E-state index contributed by atoms with van der Waals surface area (Å²) in [5.41, 5.74) is 1.17. The summed E-state index contributed by atoms with van der Waals surface area (Å²) in [5.74, 6) is 0.886.